The highest BCUT2D eigenvalue weighted by molar-refractivity contribution is 5.67. The number of nitrogens with two attached hydrogens (primary N) is 1. The fraction of sp³-hybridized carbons (Fsp3) is 0.333. The quantitative estimate of drug-likeness (QED) is 0.464. The van der Waals surface area contributed by atoms with Crippen LogP contribution in [-0.4, -0.2) is 20.5 Å². The van der Waals surface area contributed by atoms with Gasteiger partial charge in [0.15, 0.2) is 11.5 Å². The predicted octanol–water partition coefficient (Wildman–Crippen LogP) is 1.39. The van der Waals surface area contributed by atoms with Crippen molar-refractivity contribution in [3.05, 3.63) is 17.7 Å². The normalized spacial score (nSPS) is 12.1. The fourth-order valence-electron chi connectivity index (χ4n) is 1.43. The summed E-state index contributed by atoms with van der Waals surface area (Å²) in [6.45, 7) is 0.831. The van der Waals surface area contributed by atoms with Gasteiger partial charge >= 0.3 is 0 Å². The molecule has 0 spiro atoms. The van der Waals surface area contributed by atoms with Gasteiger partial charge in [-0.1, -0.05) is 11.8 Å². The maximum absolute atomic E-state index is 5.74. The van der Waals surface area contributed by atoms with Crippen molar-refractivity contribution in [3.8, 4) is 23.3 Å². The molecule has 1 heterocycles. The largest absolute Gasteiger partial charge is 0.452 e. The van der Waals surface area contributed by atoms with Gasteiger partial charge in [-0.2, -0.15) is 0 Å². The van der Waals surface area contributed by atoms with E-state index in [2.05, 4.69) is 11.8 Å². The van der Waals surface area contributed by atoms with Crippen molar-refractivity contribution in [1.82, 2.24) is 0 Å². The molecule has 4 heteroatoms. The predicted molar refractivity (Wildman–Crippen MR) is 60.3 cm³/mol. The number of methoxy groups -OCH3 is 1. The molecule has 4 nitrogen and oxygen atoms in total. The van der Waals surface area contributed by atoms with Crippen LogP contribution in [0.2, 0.25) is 0 Å². The molecule has 0 aromatic heterocycles. The minimum Gasteiger partial charge on any atom is -0.452 e. The van der Waals surface area contributed by atoms with Crippen molar-refractivity contribution in [2.45, 2.75) is 6.42 Å². The number of ether oxygens (including phenoxy) is 3. The zero-order chi connectivity index (χ0) is 11.4. The van der Waals surface area contributed by atoms with Gasteiger partial charge in [0.05, 0.1) is 17.9 Å². The summed E-state index contributed by atoms with van der Waals surface area (Å²) in [6, 6.07) is 3.61. The van der Waals surface area contributed by atoms with Crippen molar-refractivity contribution >= 4 is 5.69 Å². The van der Waals surface area contributed by atoms with Gasteiger partial charge in [0, 0.05) is 13.5 Å². The Morgan fingerprint density at radius 3 is 3.00 bits per heavy atom. The molecule has 2 N–H and O–H groups in total. The minimum absolute atomic E-state index is 0.205. The molecule has 16 heavy (non-hydrogen) atoms. The molecule has 0 bridgehead atoms. The molecule has 0 unspecified atom stereocenters. The van der Waals surface area contributed by atoms with E-state index in [0.29, 0.717) is 30.2 Å². The van der Waals surface area contributed by atoms with Crippen LogP contribution in [0.1, 0.15) is 12.0 Å². The first-order valence-corrected chi connectivity index (χ1v) is 4.99. The van der Waals surface area contributed by atoms with Crippen LogP contribution in [0.15, 0.2) is 12.1 Å². The van der Waals surface area contributed by atoms with Gasteiger partial charge < -0.3 is 19.9 Å². The van der Waals surface area contributed by atoms with Crippen LogP contribution >= 0.6 is 0 Å². The third kappa shape index (κ3) is 2.05. The van der Waals surface area contributed by atoms with E-state index < -0.39 is 0 Å². The molecule has 0 fully saturated rings. The maximum Gasteiger partial charge on any atom is 0.231 e. The second-order valence-corrected chi connectivity index (χ2v) is 3.31. The molecule has 1 aromatic rings. The first kappa shape index (κ1) is 10.7. The lowest BCUT2D eigenvalue weighted by Gasteiger charge is -2.01. The Morgan fingerprint density at radius 2 is 2.19 bits per heavy atom. The lowest BCUT2D eigenvalue weighted by atomic mass is 10.1. The molecule has 0 atom stereocenters. The Bertz CT molecular complexity index is 446. The summed E-state index contributed by atoms with van der Waals surface area (Å²) in [5, 5.41) is 0. The Morgan fingerprint density at radius 1 is 1.38 bits per heavy atom. The van der Waals surface area contributed by atoms with Gasteiger partial charge in [-0.05, 0) is 12.1 Å². The lowest BCUT2D eigenvalue weighted by Crippen LogP contribution is -1.94. The van der Waals surface area contributed by atoms with E-state index in [1.807, 2.05) is 6.07 Å². The second kappa shape index (κ2) is 4.77. The number of hydrogen-bond acceptors (Lipinski definition) is 4. The zero-order valence-corrected chi connectivity index (χ0v) is 9.08. The Balaban J connectivity index is 2.21. The Labute approximate surface area is 94.3 Å². The monoisotopic (exact) mass is 219 g/mol. The van der Waals surface area contributed by atoms with Crippen molar-refractivity contribution in [2.75, 3.05) is 26.2 Å². The summed E-state index contributed by atoms with van der Waals surface area (Å²) in [6.07, 6.45) is 0.691. The number of rotatable bonds is 2. The van der Waals surface area contributed by atoms with Crippen molar-refractivity contribution in [3.63, 3.8) is 0 Å². The molecular formula is C12H13NO3. The average molecular weight is 219 g/mol. The van der Waals surface area contributed by atoms with Gasteiger partial charge in [-0.15, -0.1) is 0 Å². The molecule has 1 aliphatic heterocycles. The van der Waals surface area contributed by atoms with E-state index in [0.717, 1.165) is 5.56 Å². The molecule has 0 radical (unpaired) electrons. The van der Waals surface area contributed by atoms with Crippen LogP contribution in [0, 0.1) is 11.8 Å². The highest BCUT2D eigenvalue weighted by Gasteiger charge is 2.19. The van der Waals surface area contributed by atoms with E-state index in [9.17, 15) is 0 Å². The lowest BCUT2D eigenvalue weighted by molar-refractivity contribution is 0.174. The van der Waals surface area contributed by atoms with Gasteiger partial charge in [-0.25, -0.2) is 0 Å². The number of hydrogen-bond donors (Lipinski definition) is 1. The van der Waals surface area contributed by atoms with Crippen LogP contribution in [-0.2, 0) is 4.74 Å². The molecule has 0 saturated heterocycles. The molecule has 1 aliphatic rings. The highest BCUT2D eigenvalue weighted by Crippen LogP contribution is 2.40. The topological polar surface area (TPSA) is 53.7 Å². The van der Waals surface area contributed by atoms with Crippen LogP contribution in [0.5, 0.6) is 11.5 Å². The fourth-order valence-corrected chi connectivity index (χ4v) is 1.43. The summed E-state index contributed by atoms with van der Waals surface area (Å²) < 4.78 is 15.5. The van der Waals surface area contributed by atoms with Crippen molar-refractivity contribution < 1.29 is 14.2 Å². The highest BCUT2D eigenvalue weighted by atomic mass is 16.7. The zero-order valence-electron chi connectivity index (χ0n) is 9.08. The van der Waals surface area contributed by atoms with Crippen LogP contribution < -0.4 is 15.2 Å². The van der Waals surface area contributed by atoms with E-state index in [4.69, 9.17) is 19.9 Å². The average Bonchev–Trinajstić information content (AvgIpc) is 2.77. The minimum atomic E-state index is 0.205. The SMILES string of the molecule is COCCC#Cc1ccc(N)c2c1OCO2. The van der Waals surface area contributed by atoms with Gasteiger partial charge in [0.1, 0.15) is 0 Å². The molecule has 1 aromatic carbocycles. The van der Waals surface area contributed by atoms with Crippen molar-refractivity contribution in [2.24, 2.45) is 0 Å². The number of benzene rings is 1. The first-order chi connectivity index (χ1) is 7.83. The molecule has 2 rings (SSSR count). The van der Waals surface area contributed by atoms with Gasteiger partial charge in [0.25, 0.3) is 0 Å². The number of nitrogen functional groups attached to an aromatic ring is 1. The van der Waals surface area contributed by atoms with Gasteiger partial charge in [-0.3, -0.25) is 0 Å². The van der Waals surface area contributed by atoms with E-state index in [1.165, 1.54) is 0 Å². The molecule has 84 valence electrons. The first-order valence-electron chi connectivity index (χ1n) is 4.99. The summed E-state index contributed by atoms with van der Waals surface area (Å²) in [5.41, 5.74) is 7.13. The number of fused-ring (bicyclic) bond motifs is 1. The summed E-state index contributed by atoms with van der Waals surface area (Å²) in [7, 11) is 1.65. The molecular weight excluding hydrogens is 206 g/mol. The third-order valence-electron chi connectivity index (χ3n) is 2.20. The van der Waals surface area contributed by atoms with E-state index >= 15 is 0 Å². The Hall–Kier alpha value is -1.86. The second-order valence-electron chi connectivity index (χ2n) is 3.31. The molecule has 0 saturated carbocycles. The summed E-state index contributed by atoms with van der Waals surface area (Å²) in [5.74, 6) is 7.26. The summed E-state index contributed by atoms with van der Waals surface area (Å²) >= 11 is 0. The summed E-state index contributed by atoms with van der Waals surface area (Å²) in [4.78, 5) is 0. The van der Waals surface area contributed by atoms with Crippen LogP contribution in [0.4, 0.5) is 5.69 Å². The van der Waals surface area contributed by atoms with E-state index in [-0.39, 0.29) is 6.79 Å². The smallest absolute Gasteiger partial charge is 0.231 e. The van der Waals surface area contributed by atoms with Gasteiger partial charge in [0.2, 0.25) is 6.79 Å². The molecule has 0 amide bonds. The van der Waals surface area contributed by atoms with E-state index in [1.54, 1.807) is 13.2 Å². The standard InChI is InChI=1S/C12H13NO3/c1-14-7-3-2-4-9-5-6-10(13)12-11(9)15-8-16-12/h5-6H,3,7-8,13H2,1H3. The maximum atomic E-state index is 5.74. The number of anilines is 1. The van der Waals surface area contributed by atoms with Crippen molar-refractivity contribution in [1.29, 1.82) is 0 Å². The van der Waals surface area contributed by atoms with Crippen LogP contribution in [0.25, 0.3) is 0 Å². The van der Waals surface area contributed by atoms with Crippen LogP contribution in [0.3, 0.4) is 0 Å². The third-order valence-corrected chi connectivity index (χ3v) is 2.20. The Kier molecular flexibility index (Phi) is 3.18. The molecule has 0 aliphatic carbocycles.